The van der Waals surface area contributed by atoms with Crippen molar-refractivity contribution in [3.63, 3.8) is 0 Å². The molecule has 1 aliphatic rings. The molecule has 0 bridgehead atoms. The van der Waals surface area contributed by atoms with E-state index in [2.05, 4.69) is 0 Å². The average molecular weight is 779 g/mol. The van der Waals surface area contributed by atoms with E-state index >= 15 is 4.79 Å². The molecule has 0 fully saturated rings. The lowest BCUT2D eigenvalue weighted by atomic mass is 9.91. The van der Waals surface area contributed by atoms with Crippen LogP contribution in [0.4, 0.5) is 0 Å². The highest BCUT2D eigenvalue weighted by molar-refractivity contribution is 6.23. The standard InChI is InChI=1S/C42H34O15/c1-20(43)50-28-11-7-26(8-12-28)32-16-15-31-33(53-23(4)46)19-36-38(42(31)56-32)39(41(57-36)27-9-13-29(14-10-27)51-21(2)44)40(49)37-34(54-24(5)47)17-30(52-22(3)45)18-35(37)55-25(6)48/h7-14,17-19,32H,15-16H2,1-6H3/t32-/m0/s1. The molecular formula is C42H34O15. The summed E-state index contributed by atoms with van der Waals surface area (Å²) in [6.45, 7) is 7.05. The third kappa shape index (κ3) is 8.83. The van der Waals surface area contributed by atoms with Gasteiger partial charge in [0.1, 0.15) is 63.3 Å². The fraction of sp³-hybridized carbons (Fsp3) is 0.214. The van der Waals surface area contributed by atoms with Crippen LogP contribution in [-0.2, 0) is 35.2 Å². The molecule has 0 amide bonds. The van der Waals surface area contributed by atoms with Crippen LogP contribution >= 0.6 is 0 Å². The minimum Gasteiger partial charge on any atom is -0.484 e. The van der Waals surface area contributed by atoms with E-state index in [0.717, 1.165) is 32.9 Å². The van der Waals surface area contributed by atoms with Crippen LogP contribution in [-0.4, -0.2) is 41.6 Å². The first-order valence-corrected chi connectivity index (χ1v) is 17.4. The van der Waals surface area contributed by atoms with Crippen molar-refractivity contribution in [3.05, 3.63) is 89.0 Å². The van der Waals surface area contributed by atoms with Crippen molar-refractivity contribution in [2.45, 2.75) is 60.5 Å². The number of carbonyl (C=O) groups is 7. The summed E-state index contributed by atoms with van der Waals surface area (Å²) in [4.78, 5) is 87.6. The zero-order valence-electron chi connectivity index (χ0n) is 31.5. The first-order valence-electron chi connectivity index (χ1n) is 17.4. The van der Waals surface area contributed by atoms with Crippen molar-refractivity contribution in [2.75, 3.05) is 0 Å². The highest BCUT2D eigenvalue weighted by Gasteiger charge is 2.36. The maximum Gasteiger partial charge on any atom is 0.308 e. The summed E-state index contributed by atoms with van der Waals surface area (Å²) in [6, 6.07) is 16.4. The SMILES string of the molecule is CC(=O)Oc1ccc(-c2oc3cc(OC(C)=O)c4c(c3c2C(=O)c2c(OC(C)=O)cc(OC(C)=O)cc2OC(C)=O)O[C@H](c2ccc(OC(C)=O)cc2)CC4)cc1. The van der Waals surface area contributed by atoms with Gasteiger partial charge in [-0.05, 0) is 54.8 Å². The van der Waals surface area contributed by atoms with Gasteiger partial charge in [-0.2, -0.15) is 0 Å². The molecule has 0 radical (unpaired) electrons. The highest BCUT2D eigenvalue weighted by atomic mass is 16.6. The highest BCUT2D eigenvalue weighted by Crippen LogP contribution is 2.50. The van der Waals surface area contributed by atoms with Gasteiger partial charge in [0.05, 0.1) is 10.9 Å². The quantitative estimate of drug-likeness (QED) is 0.0801. The van der Waals surface area contributed by atoms with Gasteiger partial charge in [-0.25, -0.2) is 0 Å². The topological polar surface area (TPSA) is 197 Å². The van der Waals surface area contributed by atoms with Crippen LogP contribution in [0.5, 0.6) is 40.2 Å². The van der Waals surface area contributed by atoms with Crippen molar-refractivity contribution in [3.8, 4) is 51.6 Å². The molecule has 0 unspecified atom stereocenters. The van der Waals surface area contributed by atoms with Crippen LogP contribution in [0.1, 0.15) is 81.1 Å². The van der Waals surface area contributed by atoms with E-state index in [1.807, 2.05) is 0 Å². The molecule has 15 nitrogen and oxygen atoms in total. The van der Waals surface area contributed by atoms with E-state index in [9.17, 15) is 28.8 Å². The third-order valence-corrected chi connectivity index (χ3v) is 8.32. The molecule has 0 saturated carbocycles. The molecule has 6 rings (SSSR count). The second kappa shape index (κ2) is 16.2. The Labute approximate surface area is 324 Å². The lowest BCUT2D eigenvalue weighted by molar-refractivity contribution is -0.133. The van der Waals surface area contributed by atoms with Crippen LogP contribution in [0.15, 0.2) is 71.1 Å². The Hall–Kier alpha value is -7.29. The van der Waals surface area contributed by atoms with Gasteiger partial charge in [0.2, 0.25) is 5.78 Å². The lowest BCUT2D eigenvalue weighted by Crippen LogP contribution is -2.18. The number of benzene rings is 4. The summed E-state index contributed by atoms with van der Waals surface area (Å²) in [5, 5.41) is 0.123. The van der Waals surface area contributed by atoms with E-state index in [1.165, 1.54) is 51.1 Å². The average Bonchev–Trinajstić information content (AvgIpc) is 3.50. The van der Waals surface area contributed by atoms with E-state index in [4.69, 9.17) is 37.6 Å². The summed E-state index contributed by atoms with van der Waals surface area (Å²) in [6.07, 6.45) is 0.0697. The number of hydrogen-bond acceptors (Lipinski definition) is 15. The van der Waals surface area contributed by atoms with Gasteiger partial charge in [0.25, 0.3) is 0 Å². The van der Waals surface area contributed by atoms with E-state index < -0.39 is 64.8 Å². The molecule has 0 N–H and O–H groups in total. The smallest absolute Gasteiger partial charge is 0.308 e. The van der Waals surface area contributed by atoms with Gasteiger partial charge in [-0.3, -0.25) is 33.6 Å². The normalized spacial score (nSPS) is 13.1. The van der Waals surface area contributed by atoms with Crippen molar-refractivity contribution in [1.82, 2.24) is 0 Å². The fourth-order valence-electron chi connectivity index (χ4n) is 6.36. The Morgan fingerprint density at radius 1 is 0.544 bits per heavy atom. The molecule has 0 saturated heterocycles. The summed E-state index contributed by atoms with van der Waals surface area (Å²) < 4.78 is 45.2. The molecular weight excluding hydrogens is 744 g/mol. The number of ether oxygens (including phenoxy) is 7. The third-order valence-electron chi connectivity index (χ3n) is 8.32. The maximum atomic E-state index is 15.3. The van der Waals surface area contributed by atoms with Gasteiger partial charge in [-0.1, -0.05) is 12.1 Å². The maximum absolute atomic E-state index is 15.3. The first-order chi connectivity index (χ1) is 27.1. The number of ketones is 1. The fourth-order valence-corrected chi connectivity index (χ4v) is 6.36. The first kappa shape index (κ1) is 39.4. The van der Waals surface area contributed by atoms with Gasteiger partial charge in [-0.15, -0.1) is 0 Å². The van der Waals surface area contributed by atoms with Gasteiger partial charge < -0.3 is 37.6 Å². The summed E-state index contributed by atoms with van der Waals surface area (Å²) in [5.41, 5.74) is 0.907. The van der Waals surface area contributed by atoms with Crippen LogP contribution in [0.25, 0.3) is 22.3 Å². The van der Waals surface area contributed by atoms with Crippen molar-refractivity contribution in [1.29, 1.82) is 0 Å². The Bertz CT molecular complexity index is 2430. The van der Waals surface area contributed by atoms with Gasteiger partial charge in [0, 0.05) is 70.9 Å². The molecule has 4 aromatic carbocycles. The predicted molar refractivity (Wildman–Crippen MR) is 198 cm³/mol. The minimum atomic E-state index is -0.881. The molecule has 5 aromatic rings. The van der Waals surface area contributed by atoms with Crippen molar-refractivity contribution >= 4 is 52.6 Å². The molecule has 1 atom stereocenters. The number of fused-ring (bicyclic) bond motifs is 3. The van der Waals surface area contributed by atoms with Crippen LogP contribution < -0.4 is 33.2 Å². The number of carbonyl (C=O) groups excluding carboxylic acids is 7. The second-order valence-electron chi connectivity index (χ2n) is 12.8. The second-order valence-corrected chi connectivity index (χ2v) is 12.8. The van der Waals surface area contributed by atoms with Crippen LogP contribution in [0.2, 0.25) is 0 Å². The zero-order chi connectivity index (χ0) is 41.1. The Morgan fingerprint density at radius 2 is 1.02 bits per heavy atom. The number of hydrogen-bond donors (Lipinski definition) is 0. The zero-order valence-corrected chi connectivity index (χ0v) is 31.5. The Morgan fingerprint density at radius 3 is 1.53 bits per heavy atom. The summed E-state index contributed by atoms with van der Waals surface area (Å²) in [5.74, 6) is -5.33. The molecule has 15 heteroatoms. The summed E-state index contributed by atoms with van der Waals surface area (Å²) >= 11 is 0. The molecule has 2 heterocycles. The monoisotopic (exact) mass is 778 g/mol. The summed E-state index contributed by atoms with van der Waals surface area (Å²) in [7, 11) is 0. The van der Waals surface area contributed by atoms with E-state index in [1.54, 1.807) is 24.3 Å². The molecule has 0 aliphatic carbocycles. The predicted octanol–water partition coefficient (Wildman–Crippen LogP) is 6.95. The van der Waals surface area contributed by atoms with Gasteiger partial charge in [0.15, 0.2) is 0 Å². The number of furan rings is 1. The van der Waals surface area contributed by atoms with Gasteiger partial charge >= 0.3 is 35.8 Å². The molecule has 292 valence electrons. The van der Waals surface area contributed by atoms with Crippen molar-refractivity contribution < 1.29 is 71.1 Å². The molecule has 0 spiro atoms. The Kier molecular flexibility index (Phi) is 11.2. The largest absolute Gasteiger partial charge is 0.484 e. The number of rotatable bonds is 10. The van der Waals surface area contributed by atoms with Crippen LogP contribution in [0, 0.1) is 0 Å². The van der Waals surface area contributed by atoms with Crippen molar-refractivity contribution in [2.24, 2.45) is 0 Å². The van der Waals surface area contributed by atoms with E-state index in [-0.39, 0.29) is 45.3 Å². The van der Waals surface area contributed by atoms with E-state index in [0.29, 0.717) is 35.3 Å². The Balaban J connectivity index is 1.65. The lowest BCUT2D eigenvalue weighted by Gasteiger charge is -2.28. The molecule has 1 aromatic heterocycles. The minimum absolute atomic E-state index is 0.0397. The van der Waals surface area contributed by atoms with Crippen LogP contribution in [0.3, 0.4) is 0 Å². The molecule has 1 aliphatic heterocycles. The molecule has 57 heavy (non-hydrogen) atoms. The number of esters is 6.